The number of aromatic nitrogens is 3. The number of nitrogens with one attached hydrogen (secondary N) is 2. The molecule has 0 spiro atoms. The van der Waals surface area contributed by atoms with Crippen LogP contribution in [-0.4, -0.2) is 27.2 Å². The predicted octanol–water partition coefficient (Wildman–Crippen LogP) is -1.77. The minimum atomic E-state index is -1.06. The van der Waals surface area contributed by atoms with Crippen LogP contribution in [0.25, 0.3) is 0 Å². The number of amides is 2. The van der Waals surface area contributed by atoms with Crippen LogP contribution < -0.4 is 11.1 Å². The molecule has 0 aliphatic heterocycles. The molecule has 0 atom stereocenters. The number of aromatic amines is 1. The van der Waals surface area contributed by atoms with Gasteiger partial charge in [0.2, 0.25) is 0 Å². The lowest BCUT2D eigenvalue weighted by atomic mass is 10.5. The molecule has 0 radical (unpaired) electrons. The Morgan fingerprint density at radius 1 is 1.64 bits per heavy atom. The van der Waals surface area contributed by atoms with E-state index in [9.17, 15) is 9.59 Å². The molecule has 1 heterocycles. The molecule has 11 heavy (non-hydrogen) atoms. The Kier molecular flexibility index (Phi) is 1.81. The van der Waals surface area contributed by atoms with Gasteiger partial charge in [0.25, 0.3) is 0 Å². The zero-order chi connectivity index (χ0) is 8.27. The van der Waals surface area contributed by atoms with Crippen molar-refractivity contribution in [2.45, 2.75) is 0 Å². The van der Waals surface area contributed by atoms with Gasteiger partial charge in [-0.25, -0.2) is 0 Å². The van der Waals surface area contributed by atoms with E-state index in [0.717, 1.165) is 0 Å². The number of H-pyrrole nitrogens is 1. The monoisotopic (exact) mass is 155 g/mol. The number of hydrogen-bond acceptors (Lipinski definition) is 4. The van der Waals surface area contributed by atoms with E-state index in [1.807, 2.05) is 0 Å². The second-order valence-corrected chi connectivity index (χ2v) is 1.68. The highest BCUT2D eigenvalue weighted by Crippen LogP contribution is 1.93. The SMILES string of the molecule is NC(=O)C(=O)Nc1c[nH]nn1. The summed E-state index contributed by atoms with van der Waals surface area (Å²) < 4.78 is 0. The highest BCUT2D eigenvalue weighted by atomic mass is 16.2. The van der Waals surface area contributed by atoms with Crippen molar-refractivity contribution in [3.63, 3.8) is 0 Å². The first-order chi connectivity index (χ1) is 5.20. The maximum Gasteiger partial charge on any atom is 0.314 e. The second-order valence-electron chi connectivity index (χ2n) is 1.68. The smallest absolute Gasteiger partial charge is 0.314 e. The van der Waals surface area contributed by atoms with E-state index in [2.05, 4.69) is 26.5 Å². The molecule has 1 rings (SSSR count). The van der Waals surface area contributed by atoms with Gasteiger partial charge in [0, 0.05) is 0 Å². The molecule has 0 fully saturated rings. The molecule has 1 aromatic heterocycles. The van der Waals surface area contributed by atoms with E-state index in [1.165, 1.54) is 6.20 Å². The lowest BCUT2D eigenvalue weighted by Gasteiger charge is -1.93. The Morgan fingerprint density at radius 2 is 2.36 bits per heavy atom. The van der Waals surface area contributed by atoms with Crippen LogP contribution in [-0.2, 0) is 9.59 Å². The lowest BCUT2D eigenvalue weighted by molar-refractivity contribution is -0.134. The first-order valence-corrected chi connectivity index (χ1v) is 2.67. The number of anilines is 1. The van der Waals surface area contributed by atoms with Gasteiger partial charge < -0.3 is 5.73 Å². The van der Waals surface area contributed by atoms with Gasteiger partial charge >= 0.3 is 11.8 Å². The number of rotatable bonds is 1. The van der Waals surface area contributed by atoms with Gasteiger partial charge in [0.05, 0.1) is 6.20 Å². The highest BCUT2D eigenvalue weighted by molar-refractivity contribution is 6.38. The van der Waals surface area contributed by atoms with Gasteiger partial charge in [-0.1, -0.05) is 5.21 Å². The van der Waals surface area contributed by atoms with E-state index in [0.29, 0.717) is 0 Å². The first kappa shape index (κ1) is 7.19. The number of primary amides is 1. The third-order valence-corrected chi connectivity index (χ3v) is 0.882. The highest BCUT2D eigenvalue weighted by Gasteiger charge is 2.09. The Balaban J connectivity index is 2.57. The number of carbonyl (C=O) groups is 2. The van der Waals surface area contributed by atoms with Crippen molar-refractivity contribution in [2.75, 3.05) is 5.32 Å². The Hall–Kier alpha value is -1.92. The fourth-order valence-electron chi connectivity index (χ4n) is 0.441. The van der Waals surface area contributed by atoms with Crippen molar-refractivity contribution >= 4 is 17.6 Å². The molecule has 4 N–H and O–H groups in total. The summed E-state index contributed by atoms with van der Waals surface area (Å²) in [6.45, 7) is 0. The average molecular weight is 155 g/mol. The molecule has 1 aromatic rings. The first-order valence-electron chi connectivity index (χ1n) is 2.67. The van der Waals surface area contributed by atoms with E-state index >= 15 is 0 Å². The van der Waals surface area contributed by atoms with E-state index in [4.69, 9.17) is 0 Å². The summed E-state index contributed by atoms with van der Waals surface area (Å²) in [6.07, 6.45) is 1.32. The van der Waals surface area contributed by atoms with Gasteiger partial charge in [-0.15, -0.1) is 5.10 Å². The van der Waals surface area contributed by atoms with Gasteiger partial charge in [0.1, 0.15) is 0 Å². The number of nitrogens with zero attached hydrogens (tertiary/aromatic N) is 2. The normalized spacial score (nSPS) is 9.09. The molecule has 58 valence electrons. The standard InChI is InChI=1S/C4H5N5O2/c5-3(10)4(11)7-2-1-6-9-8-2/h1H,(H2,5,10)(H2,6,7,8,9,11). The number of hydrogen-bond donors (Lipinski definition) is 3. The molecule has 0 saturated heterocycles. The molecule has 2 amide bonds. The third kappa shape index (κ3) is 1.75. The Morgan fingerprint density at radius 3 is 2.82 bits per heavy atom. The van der Waals surface area contributed by atoms with E-state index < -0.39 is 11.8 Å². The summed E-state index contributed by atoms with van der Waals surface area (Å²) in [7, 11) is 0. The van der Waals surface area contributed by atoms with Crippen LogP contribution in [0.4, 0.5) is 5.82 Å². The van der Waals surface area contributed by atoms with Crippen molar-refractivity contribution in [3.05, 3.63) is 6.20 Å². The fraction of sp³-hybridized carbons (Fsp3) is 0. The van der Waals surface area contributed by atoms with Gasteiger partial charge in [-0.2, -0.15) is 0 Å². The second kappa shape index (κ2) is 2.78. The molecule has 7 nitrogen and oxygen atoms in total. The van der Waals surface area contributed by atoms with Gasteiger partial charge in [-0.3, -0.25) is 20.0 Å². The Labute approximate surface area is 61.0 Å². The minimum absolute atomic E-state index is 0.161. The number of carbonyl (C=O) groups excluding carboxylic acids is 2. The van der Waals surface area contributed by atoms with Crippen LogP contribution in [0.1, 0.15) is 0 Å². The maximum atomic E-state index is 10.5. The lowest BCUT2D eigenvalue weighted by Crippen LogP contribution is -2.29. The number of nitrogens with two attached hydrogens (primary N) is 1. The molecular formula is C4H5N5O2. The fourth-order valence-corrected chi connectivity index (χ4v) is 0.441. The zero-order valence-electron chi connectivity index (χ0n) is 5.37. The molecule has 0 unspecified atom stereocenters. The third-order valence-electron chi connectivity index (χ3n) is 0.882. The summed E-state index contributed by atoms with van der Waals surface area (Å²) in [4.78, 5) is 20.7. The molecule has 0 saturated carbocycles. The summed E-state index contributed by atoms with van der Waals surface area (Å²) in [5.41, 5.74) is 4.64. The van der Waals surface area contributed by atoms with Crippen LogP contribution >= 0.6 is 0 Å². The zero-order valence-corrected chi connectivity index (χ0v) is 5.37. The van der Waals surface area contributed by atoms with Gasteiger partial charge in [0.15, 0.2) is 5.82 Å². The van der Waals surface area contributed by atoms with Crippen molar-refractivity contribution in [3.8, 4) is 0 Å². The molecule has 7 heteroatoms. The van der Waals surface area contributed by atoms with Crippen LogP contribution in [0, 0.1) is 0 Å². The Bertz CT molecular complexity index is 266. The van der Waals surface area contributed by atoms with Crippen molar-refractivity contribution in [1.82, 2.24) is 15.4 Å². The largest absolute Gasteiger partial charge is 0.361 e. The van der Waals surface area contributed by atoms with Crippen molar-refractivity contribution in [2.24, 2.45) is 5.73 Å². The summed E-state index contributed by atoms with van der Waals surface area (Å²) in [5.74, 6) is -1.82. The van der Waals surface area contributed by atoms with E-state index in [1.54, 1.807) is 0 Å². The van der Waals surface area contributed by atoms with Gasteiger partial charge in [-0.05, 0) is 0 Å². The summed E-state index contributed by atoms with van der Waals surface area (Å²) in [5, 5.41) is 11.1. The van der Waals surface area contributed by atoms with Crippen molar-refractivity contribution in [1.29, 1.82) is 0 Å². The minimum Gasteiger partial charge on any atom is -0.361 e. The molecule has 0 aromatic carbocycles. The van der Waals surface area contributed by atoms with Crippen LogP contribution in [0.15, 0.2) is 6.20 Å². The predicted molar refractivity (Wildman–Crippen MR) is 34.2 cm³/mol. The molecule has 0 aliphatic rings. The molecular weight excluding hydrogens is 150 g/mol. The maximum absolute atomic E-state index is 10.5. The summed E-state index contributed by atoms with van der Waals surface area (Å²) >= 11 is 0. The molecule has 0 aliphatic carbocycles. The average Bonchev–Trinajstić information content (AvgIpc) is 2.39. The van der Waals surface area contributed by atoms with Crippen LogP contribution in [0.5, 0.6) is 0 Å². The topological polar surface area (TPSA) is 114 Å². The quantitative estimate of drug-likeness (QED) is 0.416. The molecule has 0 bridgehead atoms. The summed E-state index contributed by atoms with van der Waals surface area (Å²) in [6, 6.07) is 0. The van der Waals surface area contributed by atoms with E-state index in [-0.39, 0.29) is 5.82 Å². The van der Waals surface area contributed by atoms with Crippen LogP contribution in [0.2, 0.25) is 0 Å². The van der Waals surface area contributed by atoms with Crippen molar-refractivity contribution < 1.29 is 9.59 Å². The van der Waals surface area contributed by atoms with Crippen LogP contribution in [0.3, 0.4) is 0 Å².